The highest BCUT2D eigenvalue weighted by molar-refractivity contribution is 5.84. The fourth-order valence-corrected chi connectivity index (χ4v) is 4.85. The lowest BCUT2D eigenvalue weighted by atomic mass is 10.0. The Balaban J connectivity index is 3.67. The van der Waals surface area contributed by atoms with Gasteiger partial charge < -0.3 is 44.8 Å². The van der Waals surface area contributed by atoms with Gasteiger partial charge >= 0.3 is 5.97 Å². The molecule has 1 atom stereocenters. The number of ether oxygens (including phenoxy) is 4. The van der Waals surface area contributed by atoms with E-state index in [0.29, 0.717) is 39.4 Å². The SMILES string of the molecule is CCOCCOCCNC(=O)COCCOCCNC(=O)CC[C@H](NC(=O)CCCCCCCCCCCCCCCCC=O)C(=O)O. The normalized spacial score (nSPS) is 11.6. The molecule has 0 spiro atoms. The zero-order valence-electron chi connectivity index (χ0n) is 29.6. The average molecular weight is 688 g/mol. The van der Waals surface area contributed by atoms with Crippen LogP contribution in [0, 0.1) is 0 Å². The second-order valence-corrected chi connectivity index (χ2v) is 11.8. The summed E-state index contributed by atoms with van der Waals surface area (Å²) in [6.07, 6.45) is 18.1. The third-order valence-corrected chi connectivity index (χ3v) is 7.59. The first-order chi connectivity index (χ1) is 23.4. The standard InChI is InChI=1S/C35H65N3O10/c1-2-45-26-27-46-25-22-37-34(42)30-48-29-28-47-24-21-36-32(40)20-19-31(35(43)44)38-33(41)18-16-14-12-10-8-6-4-3-5-7-9-11-13-15-17-23-39/h23,31H,2-22,24-30H2,1H3,(H,36,40)(H,37,42)(H,38,41)(H,43,44)/t31-/m0/s1. The van der Waals surface area contributed by atoms with Gasteiger partial charge in [0.1, 0.15) is 18.9 Å². The molecule has 0 aliphatic carbocycles. The van der Waals surface area contributed by atoms with Crippen molar-refractivity contribution < 1.29 is 48.0 Å². The Labute approximate surface area is 288 Å². The third kappa shape index (κ3) is 33.3. The van der Waals surface area contributed by atoms with Gasteiger partial charge in [-0.1, -0.05) is 77.0 Å². The lowest BCUT2D eigenvalue weighted by molar-refractivity contribution is -0.142. The molecule has 13 heteroatoms. The van der Waals surface area contributed by atoms with Crippen LogP contribution in [0.1, 0.15) is 122 Å². The van der Waals surface area contributed by atoms with Crippen molar-refractivity contribution in [2.45, 2.75) is 129 Å². The number of unbranched alkanes of at least 4 members (excludes halogenated alkanes) is 14. The molecule has 3 amide bonds. The Bertz CT molecular complexity index is 815. The van der Waals surface area contributed by atoms with Crippen molar-refractivity contribution >= 4 is 30.0 Å². The molecule has 0 aromatic heterocycles. The van der Waals surface area contributed by atoms with Crippen LogP contribution < -0.4 is 16.0 Å². The molecule has 280 valence electrons. The molecule has 0 rings (SSSR count). The monoisotopic (exact) mass is 687 g/mol. The van der Waals surface area contributed by atoms with E-state index in [2.05, 4.69) is 16.0 Å². The van der Waals surface area contributed by atoms with Crippen molar-refractivity contribution in [3.05, 3.63) is 0 Å². The molecule has 0 aliphatic rings. The number of aliphatic carboxylic acids is 1. The number of amides is 3. The van der Waals surface area contributed by atoms with E-state index in [1.54, 1.807) is 0 Å². The van der Waals surface area contributed by atoms with Gasteiger partial charge in [-0.25, -0.2) is 4.79 Å². The van der Waals surface area contributed by atoms with Crippen LogP contribution in [0.2, 0.25) is 0 Å². The molecule has 0 heterocycles. The van der Waals surface area contributed by atoms with E-state index in [4.69, 9.17) is 18.9 Å². The van der Waals surface area contributed by atoms with E-state index in [0.717, 1.165) is 44.8 Å². The lowest BCUT2D eigenvalue weighted by Gasteiger charge is -2.14. The van der Waals surface area contributed by atoms with Gasteiger partial charge in [-0.2, -0.15) is 0 Å². The van der Waals surface area contributed by atoms with Crippen molar-refractivity contribution in [3.63, 3.8) is 0 Å². The number of hydrogen-bond acceptors (Lipinski definition) is 9. The highest BCUT2D eigenvalue weighted by Crippen LogP contribution is 2.13. The maximum Gasteiger partial charge on any atom is 0.326 e. The molecule has 0 unspecified atom stereocenters. The first-order valence-electron chi connectivity index (χ1n) is 18.2. The number of aldehydes is 1. The fourth-order valence-electron chi connectivity index (χ4n) is 4.85. The molecular formula is C35H65N3O10. The first-order valence-corrected chi connectivity index (χ1v) is 18.2. The Morgan fingerprint density at radius 1 is 0.583 bits per heavy atom. The van der Waals surface area contributed by atoms with E-state index in [1.165, 1.54) is 51.4 Å². The quantitative estimate of drug-likeness (QED) is 0.0549. The number of hydrogen-bond donors (Lipinski definition) is 4. The van der Waals surface area contributed by atoms with Crippen molar-refractivity contribution in [3.8, 4) is 0 Å². The number of carbonyl (C=O) groups is 5. The smallest absolute Gasteiger partial charge is 0.326 e. The highest BCUT2D eigenvalue weighted by Gasteiger charge is 2.20. The molecule has 4 N–H and O–H groups in total. The fraction of sp³-hybridized carbons (Fsp3) is 0.857. The van der Waals surface area contributed by atoms with Gasteiger partial charge in [0.2, 0.25) is 17.7 Å². The average Bonchev–Trinajstić information content (AvgIpc) is 3.07. The minimum absolute atomic E-state index is 0.00443. The minimum atomic E-state index is -1.16. The third-order valence-electron chi connectivity index (χ3n) is 7.59. The molecule has 0 bridgehead atoms. The maximum atomic E-state index is 12.3. The summed E-state index contributed by atoms with van der Waals surface area (Å²) in [6, 6.07) is -1.11. The Kier molecular flexibility index (Phi) is 33.7. The predicted octanol–water partition coefficient (Wildman–Crippen LogP) is 4.10. The van der Waals surface area contributed by atoms with Crippen LogP contribution in [0.25, 0.3) is 0 Å². The van der Waals surface area contributed by atoms with Crippen LogP contribution in [0.5, 0.6) is 0 Å². The summed E-state index contributed by atoms with van der Waals surface area (Å²) in [6.45, 7) is 5.22. The van der Waals surface area contributed by atoms with Crippen LogP contribution in [0.15, 0.2) is 0 Å². The number of carboxylic acids is 1. The molecule has 0 aliphatic heterocycles. The summed E-state index contributed by atoms with van der Waals surface area (Å²) in [4.78, 5) is 57.9. The van der Waals surface area contributed by atoms with Crippen LogP contribution in [0.3, 0.4) is 0 Å². The zero-order valence-corrected chi connectivity index (χ0v) is 29.6. The largest absolute Gasteiger partial charge is 0.480 e. The van der Waals surface area contributed by atoms with E-state index in [-0.39, 0.29) is 70.0 Å². The first kappa shape index (κ1) is 45.4. The summed E-state index contributed by atoms with van der Waals surface area (Å²) < 4.78 is 21.1. The number of carbonyl (C=O) groups excluding carboxylic acids is 4. The molecule has 0 saturated heterocycles. The lowest BCUT2D eigenvalue weighted by Crippen LogP contribution is -2.41. The van der Waals surface area contributed by atoms with Crippen LogP contribution in [-0.2, 0) is 42.9 Å². The summed E-state index contributed by atoms with van der Waals surface area (Å²) >= 11 is 0. The Hall–Kier alpha value is -2.61. The molecule has 0 fully saturated rings. The van der Waals surface area contributed by atoms with Gasteiger partial charge in [0.15, 0.2) is 0 Å². The van der Waals surface area contributed by atoms with Crippen molar-refractivity contribution in [1.82, 2.24) is 16.0 Å². The van der Waals surface area contributed by atoms with E-state index in [9.17, 15) is 29.1 Å². The van der Waals surface area contributed by atoms with Crippen LogP contribution in [-0.4, -0.2) is 107 Å². The second-order valence-electron chi connectivity index (χ2n) is 11.8. The Morgan fingerprint density at radius 2 is 1.06 bits per heavy atom. The predicted molar refractivity (Wildman–Crippen MR) is 184 cm³/mol. The van der Waals surface area contributed by atoms with Crippen molar-refractivity contribution in [2.75, 3.05) is 65.9 Å². The summed E-state index contributed by atoms with van der Waals surface area (Å²) in [5.74, 6) is -2.03. The number of rotatable bonds is 37. The van der Waals surface area contributed by atoms with Crippen LogP contribution >= 0.6 is 0 Å². The summed E-state index contributed by atoms with van der Waals surface area (Å²) in [5, 5.41) is 17.4. The maximum absolute atomic E-state index is 12.3. The van der Waals surface area contributed by atoms with E-state index < -0.39 is 12.0 Å². The van der Waals surface area contributed by atoms with Crippen LogP contribution in [0.4, 0.5) is 0 Å². The van der Waals surface area contributed by atoms with Gasteiger partial charge in [-0.05, 0) is 26.2 Å². The molecule has 0 aromatic carbocycles. The Morgan fingerprint density at radius 3 is 1.58 bits per heavy atom. The molecule has 0 radical (unpaired) electrons. The van der Waals surface area contributed by atoms with Gasteiger partial charge in [0.05, 0.1) is 39.6 Å². The summed E-state index contributed by atoms with van der Waals surface area (Å²) in [5.41, 5.74) is 0. The zero-order chi connectivity index (χ0) is 35.3. The minimum Gasteiger partial charge on any atom is -0.480 e. The van der Waals surface area contributed by atoms with Gasteiger partial charge in [-0.3, -0.25) is 14.4 Å². The van der Waals surface area contributed by atoms with Crippen molar-refractivity contribution in [1.29, 1.82) is 0 Å². The molecule has 0 aromatic rings. The van der Waals surface area contributed by atoms with Crippen molar-refractivity contribution in [2.24, 2.45) is 0 Å². The molecule has 48 heavy (non-hydrogen) atoms. The number of carboxylic acid groups (broad SMARTS) is 1. The van der Waals surface area contributed by atoms with Gasteiger partial charge in [-0.15, -0.1) is 0 Å². The summed E-state index contributed by atoms with van der Waals surface area (Å²) in [7, 11) is 0. The van der Waals surface area contributed by atoms with E-state index >= 15 is 0 Å². The van der Waals surface area contributed by atoms with Gasteiger partial charge in [0.25, 0.3) is 0 Å². The molecule has 0 saturated carbocycles. The topological polar surface area (TPSA) is 179 Å². The second kappa shape index (κ2) is 35.7. The highest BCUT2D eigenvalue weighted by atomic mass is 16.5. The van der Waals surface area contributed by atoms with E-state index in [1.807, 2.05) is 6.92 Å². The molecular weight excluding hydrogens is 622 g/mol. The van der Waals surface area contributed by atoms with Gasteiger partial charge in [0, 0.05) is 39.0 Å². The molecule has 13 nitrogen and oxygen atoms in total. The number of nitrogens with one attached hydrogen (secondary N) is 3.